The Morgan fingerprint density at radius 2 is 2.10 bits per heavy atom. The molecule has 1 N–H and O–H groups in total. The van der Waals surface area contributed by atoms with Crippen molar-refractivity contribution < 1.29 is 9.50 Å². The molecule has 0 amide bonds. The van der Waals surface area contributed by atoms with E-state index in [1.807, 2.05) is 12.1 Å². The first-order valence-electron chi connectivity index (χ1n) is 6.99. The molecule has 1 fully saturated rings. The third-order valence-electron chi connectivity index (χ3n) is 3.88. The van der Waals surface area contributed by atoms with Crippen LogP contribution in [0.4, 0.5) is 4.39 Å². The van der Waals surface area contributed by atoms with Crippen LogP contribution in [0, 0.1) is 5.82 Å². The minimum Gasteiger partial charge on any atom is -0.390 e. The van der Waals surface area contributed by atoms with E-state index in [-0.39, 0.29) is 12.4 Å². The number of hydrogen-bond donors (Lipinski definition) is 1. The summed E-state index contributed by atoms with van der Waals surface area (Å²) < 4.78 is 15.7. The van der Waals surface area contributed by atoms with Gasteiger partial charge in [-0.05, 0) is 43.2 Å². The molecule has 1 aromatic carbocycles. The van der Waals surface area contributed by atoms with Gasteiger partial charge in [0.05, 0.1) is 29.7 Å². The van der Waals surface area contributed by atoms with Crippen LogP contribution >= 0.6 is 0 Å². The molecule has 0 aliphatic heterocycles. The number of nitrogens with zero attached hydrogens (tertiary/aromatic N) is 3. The SMILES string of the molecule is OCc1cc(-c2cc3ccc(F)cc3n2C2CC2)cnn1. The molecule has 0 spiro atoms. The summed E-state index contributed by atoms with van der Waals surface area (Å²) >= 11 is 0. The van der Waals surface area contributed by atoms with Crippen molar-refractivity contribution in [3.8, 4) is 11.3 Å². The smallest absolute Gasteiger partial charge is 0.125 e. The highest BCUT2D eigenvalue weighted by Gasteiger charge is 2.28. The number of benzene rings is 1. The van der Waals surface area contributed by atoms with E-state index in [2.05, 4.69) is 14.8 Å². The Hall–Kier alpha value is -2.27. The largest absolute Gasteiger partial charge is 0.390 e. The van der Waals surface area contributed by atoms with E-state index in [0.29, 0.717) is 11.7 Å². The molecule has 2 aromatic heterocycles. The van der Waals surface area contributed by atoms with Gasteiger partial charge in [0, 0.05) is 17.0 Å². The summed E-state index contributed by atoms with van der Waals surface area (Å²) in [6.45, 7) is -0.140. The van der Waals surface area contributed by atoms with E-state index in [9.17, 15) is 9.50 Å². The topological polar surface area (TPSA) is 50.9 Å². The summed E-state index contributed by atoms with van der Waals surface area (Å²) in [6, 6.07) is 9.16. The molecule has 0 unspecified atom stereocenters. The Morgan fingerprint density at radius 3 is 2.86 bits per heavy atom. The van der Waals surface area contributed by atoms with Crippen LogP contribution in [0.2, 0.25) is 0 Å². The fraction of sp³-hybridized carbons (Fsp3) is 0.250. The van der Waals surface area contributed by atoms with Crippen LogP contribution in [0.25, 0.3) is 22.2 Å². The summed E-state index contributed by atoms with van der Waals surface area (Å²) in [5.41, 5.74) is 3.35. The predicted molar refractivity (Wildman–Crippen MR) is 77.1 cm³/mol. The van der Waals surface area contributed by atoms with Crippen LogP contribution in [0.5, 0.6) is 0 Å². The molecular weight excluding hydrogens is 269 g/mol. The number of halogens is 1. The van der Waals surface area contributed by atoms with Gasteiger partial charge >= 0.3 is 0 Å². The quantitative estimate of drug-likeness (QED) is 0.803. The van der Waals surface area contributed by atoms with Crippen LogP contribution in [0.3, 0.4) is 0 Å². The third-order valence-corrected chi connectivity index (χ3v) is 3.88. The molecule has 0 saturated heterocycles. The average Bonchev–Trinajstić information content (AvgIpc) is 3.28. The zero-order valence-corrected chi connectivity index (χ0v) is 11.3. The fourth-order valence-electron chi connectivity index (χ4n) is 2.77. The maximum Gasteiger partial charge on any atom is 0.125 e. The monoisotopic (exact) mass is 283 g/mol. The zero-order valence-electron chi connectivity index (χ0n) is 11.3. The van der Waals surface area contributed by atoms with Crippen molar-refractivity contribution in [2.45, 2.75) is 25.5 Å². The van der Waals surface area contributed by atoms with E-state index >= 15 is 0 Å². The minimum atomic E-state index is -0.224. The Labute approximate surface area is 120 Å². The van der Waals surface area contributed by atoms with E-state index in [1.165, 1.54) is 6.07 Å². The fourth-order valence-corrected chi connectivity index (χ4v) is 2.77. The summed E-state index contributed by atoms with van der Waals surface area (Å²) in [5.74, 6) is -0.224. The normalized spacial score (nSPS) is 14.8. The second-order valence-corrected chi connectivity index (χ2v) is 5.43. The first-order valence-corrected chi connectivity index (χ1v) is 6.99. The standard InChI is InChI=1S/C16H14FN3O/c17-12-2-1-10-6-15(11-5-13(9-21)19-18-8-11)20(14-3-4-14)16(10)7-12/h1-2,5-8,14,21H,3-4,9H2. The molecule has 4 nitrogen and oxygen atoms in total. The highest BCUT2D eigenvalue weighted by molar-refractivity contribution is 5.87. The zero-order chi connectivity index (χ0) is 14.4. The highest BCUT2D eigenvalue weighted by atomic mass is 19.1. The van der Waals surface area contributed by atoms with E-state index < -0.39 is 0 Å². The lowest BCUT2D eigenvalue weighted by Crippen LogP contribution is -1.99. The van der Waals surface area contributed by atoms with Gasteiger partial charge < -0.3 is 9.67 Å². The lowest BCUT2D eigenvalue weighted by Gasteiger charge is -2.09. The van der Waals surface area contributed by atoms with Gasteiger partial charge in [-0.3, -0.25) is 0 Å². The van der Waals surface area contributed by atoms with Crippen LogP contribution in [-0.2, 0) is 6.61 Å². The third kappa shape index (κ3) is 2.10. The minimum absolute atomic E-state index is 0.140. The van der Waals surface area contributed by atoms with Crippen molar-refractivity contribution in [3.05, 3.63) is 48.0 Å². The van der Waals surface area contributed by atoms with E-state index in [4.69, 9.17) is 0 Å². The summed E-state index contributed by atoms with van der Waals surface area (Å²) in [4.78, 5) is 0. The molecule has 21 heavy (non-hydrogen) atoms. The van der Waals surface area contributed by atoms with Gasteiger partial charge in [0.15, 0.2) is 0 Å². The van der Waals surface area contributed by atoms with Crippen LogP contribution in [0.15, 0.2) is 36.5 Å². The van der Waals surface area contributed by atoms with Gasteiger partial charge in [-0.1, -0.05) is 0 Å². The molecule has 0 radical (unpaired) electrons. The Balaban J connectivity index is 1.97. The number of aliphatic hydroxyl groups is 1. The first-order chi connectivity index (χ1) is 10.3. The number of rotatable bonds is 3. The summed E-state index contributed by atoms with van der Waals surface area (Å²) in [6.07, 6.45) is 3.90. The van der Waals surface area contributed by atoms with Crippen LogP contribution in [-0.4, -0.2) is 19.9 Å². The molecule has 1 aliphatic rings. The van der Waals surface area contributed by atoms with E-state index in [1.54, 1.807) is 18.3 Å². The molecule has 1 saturated carbocycles. The van der Waals surface area contributed by atoms with Gasteiger partial charge in [0.2, 0.25) is 0 Å². The molecule has 106 valence electrons. The lowest BCUT2D eigenvalue weighted by atomic mass is 10.2. The molecule has 3 aromatic rings. The van der Waals surface area contributed by atoms with Crippen LogP contribution < -0.4 is 0 Å². The summed E-state index contributed by atoms with van der Waals surface area (Å²) in [5, 5.41) is 18.0. The van der Waals surface area contributed by atoms with Gasteiger partial charge in [-0.2, -0.15) is 10.2 Å². The molecule has 0 bridgehead atoms. The Bertz CT molecular complexity index is 824. The first kappa shape index (κ1) is 12.5. The van der Waals surface area contributed by atoms with Gasteiger partial charge in [0.25, 0.3) is 0 Å². The molecule has 5 heteroatoms. The van der Waals surface area contributed by atoms with Crippen molar-refractivity contribution in [1.29, 1.82) is 0 Å². The van der Waals surface area contributed by atoms with E-state index in [0.717, 1.165) is 35.0 Å². The maximum atomic E-state index is 13.6. The van der Waals surface area contributed by atoms with Crippen molar-refractivity contribution in [1.82, 2.24) is 14.8 Å². The molecule has 0 atom stereocenters. The average molecular weight is 283 g/mol. The second-order valence-electron chi connectivity index (χ2n) is 5.43. The van der Waals surface area contributed by atoms with Gasteiger partial charge in [-0.25, -0.2) is 4.39 Å². The Kier molecular flexibility index (Phi) is 2.75. The highest BCUT2D eigenvalue weighted by Crippen LogP contribution is 2.42. The second kappa shape index (κ2) is 4.63. The van der Waals surface area contributed by atoms with Crippen molar-refractivity contribution >= 4 is 10.9 Å². The van der Waals surface area contributed by atoms with Crippen molar-refractivity contribution in [2.24, 2.45) is 0 Å². The number of aliphatic hydroxyl groups excluding tert-OH is 1. The number of hydrogen-bond acceptors (Lipinski definition) is 3. The molecule has 1 aliphatic carbocycles. The summed E-state index contributed by atoms with van der Waals surface area (Å²) in [7, 11) is 0. The van der Waals surface area contributed by atoms with Gasteiger partial charge in [-0.15, -0.1) is 0 Å². The number of aromatic nitrogens is 3. The maximum absolute atomic E-state index is 13.6. The van der Waals surface area contributed by atoms with Gasteiger partial charge in [0.1, 0.15) is 5.82 Å². The number of fused-ring (bicyclic) bond motifs is 1. The van der Waals surface area contributed by atoms with Crippen LogP contribution in [0.1, 0.15) is 24.6 Å². The molecule has 4 rings (SSSR count). The van der Waals surface area contributed by atoms with Crippen molar-refractivity contribution in [3.63, 3.8) is 0 Å². The molecule has 2 heterocycles. The molecular formula is C16H14FN3O. The predicted octanol–water partition coefficient (Wildman–Crippen LogP) is 3.06. The Morgan fingerprint density at radius 1 is 1.24 bits per heavy atom. The van der Waals surface area contributed by atoms with Crippen molar-refractivity contribution in [2.75, 3.05) is 0 Å². The lowest BCUT2D eigenvalue weighted by molar-refractivity contribution is 0.275.